The first-order chi connectivity index (χ1) is 8.61. The van der Waals surface area contributed by atoms with Gasteiger partial charge in [0.05, 0.1) is 5.92 Å². The summed E-state index contributed by atoms with van der Waals surface area (Å²) in [4.78, 5) is 12.3. The predicted molar refractivity (Wildman–Crippen MR) is 69.8 cm³/mol. The van der Waals surface area contributed by atoms with E-state index in [4.69, 9.17) is 0 Å². The summed E-state index contributed by atoms with van der Waals surface area (Å²) in [5.41, 5.74) is 0.930. The molecule has 1 fully saturated rings. The van der Waals surface area contributed by atoms with Crippen LogP contribution in [-0.4, -0.2) is 11.9 Å². The zero-order valence-corrected chi connectivity index (χ0v) is 10.9. The molecule has 1 amide bonds. The monoisotopic (exact) mass is 249 g/mol. The quantitative estimate of drug-likeness (QED) is 0.852. The molecule has 2 rings (SSSR count). The summed E-state index contributed by atoms with van der Waals surface area (Å²) in [6.45, 7) is 4.06. The third kappa shape index (κ3) is 3.09. The van der Waals surface area contributed by atoms with E-state index in [-0.39, 0.29) is 23.7 Å². The fourth-order valence-electron chi connectivity index (χ4n) is 2.17. The molecule has 1 aromatic carbocycles. The molecule has 0 heterocycles. The van der Waals surface area contributed by atoms with Crippen molar-refractivity contribution >= 4 is 5.91 Å². The van der Waals surface area contributed by atoms with E-state index in [1.54, 1.807) is 12.1 Å². The lowest BCUT2D eigenvalue weighted by Gasteiger charge is -2.19. The van der Waals surface area contributed by atoms with Crippen LogP contribution in [0.15, 0.2) is 24.3 Å². The number of carbonyl (C=O) groups is 1. The molecule has 3 heteroatoms. The second-order valence-electron chi connectivity index (χ2n) is 5.18. The number of hydrogen-bond donors (Lipinski definition) is 1. The molecule has 2 nitrogen and oxygen atoms in total. The summed E-state index contributed by atoms with van der Waals surface area (Å²) in [5.74, 6) is 0.146. The van der Waals surface area contributed by atoms with Gasteiger partial charge in [-0.2, -0.15) is 0 Å². The second-order valence-corrected chi connectivity index (χ2v) is 5.18. The smallest absolute Gasteiger partial charge is 0.228 e. The molecule has 1 aromatic rings. The fourth-order valence-corrected chi connectivity index (χ4v) is 2.17. The second kappa shape index (κ2) is 5.51. The van der Waals surface area contributed by atoms with Crippen molar-refractivity contribution in [2.75, 3.05) is 0 Å². The molecule has 0 aromatic heterocycles. The van der Waals surface area contributed by atoms with Crippen molar-refractivity contribution in [1.82, 2.24) is 5.32 Å². The molecule has 1 N–H and O–H groups in total. The van der Waals surface area contributed by atoms with Crippen molar-refractivity contribution in [3.05, 3.63) is 35.6 Å². The average Bonchev–Trinajstić information content (AvgIpc) is 3.16. The molecule has 2 unspecified atom stereocenters. The standard InChI is InChI=1S/C15H20FNO/c1-3-10(2)17-15(18)14(11-4-5-11)12-6-8-13(16)9-7-12/h6-11,14H,3-5H2,1-2H3,(H,17,18). The maximum Gasteiger partial charge on any atom is 0.228 e. The van der Waals surface area contributed by atoms with Crippen molar-refractivity contribution in [1.29, 1.82) is 0 Å². The highest BCUT2D eigenvalue weighted by Crippen LogP contribution is 2.42. The first kappa shape index (κ1) is 13.1. The average molecular weight is 249 g/mol. The fraction of sp³-hybridized carbons (Fsp3) is 0.533. The maximum absolute atomic E-state index is 12.9. The Balaban J connectivity index is 2.13. The number of nitrogens with one attached hydrogen (secondary N) is 1. The Morgan fingerprint density at radius 3 is 2.50 bits per heavy atom. The van der Waals surface area contributed by atoms with Gasteiger partial charge in [0.25, 0.3) is 0 Å². The van der Waals surface area contributed by atoms with Crippen molar-refractivity contribution in [2.24, 2.45) is 5.92 Å². The van der Waals surface area contributed by atoms with Crippen LogP contribution in [0.1, 0.15) is 44.6 Å². The summed E-state index contributed by atoms with van der Waals surface area (Å²) >= 11 is 0. The third-order valence-corrected chi connectivity index (χ3v) is 3.61. The van der Waals surface area contributed by atoms with Gasteiger partial charge in [0.2, 0.25) is 5.91 Å². The van der Waals surface area contributed by atoms with Gasteiger partial charge >= 0.3 is 0 Å². The molecule has 0 bridgehead atoms. The molecule has 98 valence electrons. The minimum atomic E-state index is -0.254. The maximum atomic E-state index is 12.9. The molecule has 1 aliphatic rings. The molecule has 2 atom stereocenters. The number of halogens is 1. The summed E-state index contributed by atoms with van der Waals surface area (Å²) in [7, 11) is 0. The van der Waals surface area contributed by atoms with E-state index in [0.717, 1.165) is 24.8 Å². The van der Waals surface area contributed by atoms with Gasteiger partial charge in [-0.15, -0.1) is 0 Å². The zero-order valence-electron chi connectivity index (χ0n) is 10.9. The van der Waals surface area contributed by atoms with Crippen LogP contribution in [0.25, 0.3) is 0 Å². The molecular weight excluding hydrogens is 229 g/mol. The van der Waals surface area contributed by atoms with Gasteiger partial charge in [0.1, 0.15) is 5.82 Å². The van der Waals surface area contributed by atoms with Crippen molar-refractivity contribution in [3.8, 4) is 0 Å². The highest BCUT2D eigenvalue weighted by molar-refractivity contribution is 5.84. The molecule has 1 aliphatic carbocycles. The number of rotatable bonds is 5. The molecule has 0 saturated heterocycles. The van der Waals surface area contributed by atoms with Crippen LogP contribution in [0, 0.1) is 11.7 Å². The number of hydrogen-bond acceptors (Lipinski definition) is 1. The first-order valence-corrected chi connectivity index (χ1v) is 6.67. The zero-order chi connectivity index (χ0) is 13.1. The lowest BCUT2D eigenvalue weighted by Crippen LogP contribution is -2.36. The van der Waals surface area contributed by atoms with Crippen LogP contribution in [0.5, 0.6) is 0 Å². The molecule has 0 aliphatic heterocycles. The number of amides is 1. The van der Waals surface area contributed by atoms with Gasteiger partial charge < -0.3 is 5.32 Å². The summed E-state index contributed by atoms with van der Waals surface area (Å²) in [6.07, 6.45) is 3.11. The lowest BCUT2D eigenvalue weighted by molar-refractivity contribution is -0.123. The van der Waals surface area contributed by atoms with Gasteiger partial charge in [-0.1, -0.05) is 19.1 Å². The highest BCUT2D eigenvalue weighted by atomic mass is 19.1. The van der Waals surface area contributed by atoms with Crippen molar-refractivity contribution in [2.45, 2.75) is 45.1 Å². The van der Waals surface area contributed by atoms with Crippen LogP contribution in [0.4, 0.5) is 4.39 Å². The number of benzene rings is 1. The Bertz CT molecular complexity index is 411. The molecule has 0 radical (unpaired) electrons. The molecular formula is C15H20FNO. The van der Waals surface area contributed by atoms with E-state index in [2.05, 4.69) is 12.2 Å². The van der Waals surface area contributed by atoms with Crippen LogP contribution in [0.2, 0.25) is 0 Å². The van der Waals surface area contributed by atoms with Gasteiger partial charge in [-0.25, -0.2) is 4.39 Å². The van der Waals surface area contributed by atoms with Crippen LogP contribution in [-0.2, 0) is 4.79 Å². The Labute approximate surface area is 108 Å². The summed E-state index contributed by atoms with van der Waals surface area (Å²) in [6, 6.07) is 6.52. The van der Waals surface area contributed by atoms with Crippen LogP contribution >= 0.6 is 0 Å². The molecule has 18 heavy (non-hydrogen) atoms. The Morgan fingerprint density at radius 1 is 1.39 bits per heavy atom. The number of carbonyl (C=O) groups excluding carboxylic acids is 1. The molecule has 1 saturated carbocycles. The SMILES string of the molecule is CCC(C)NC(=O)C(c1ccc(F)cc1)C1CC1. The van der Waals surface area contributed by atoms with Gasteiger partial charge in [0, 0.05) is 6.04 Å². The highest BCUT2D eigenvalue weighted by Gasteiger charge is 2.37. The molecule has 0 spiro atoms. The van der Waals surface area contributed by atoms with Crippen LogP contribution < -0.4 is 5.32 Å². The van der Waals surface area contributed by atoms with Gasteiger partial charge in [0.15, 0.2) is 0 Å². The van der Waals surface area contributed by atoms with E-state index in [9.17, 15) is 9.18 Å². The Morgan fingerprint density at radius 2 is 2.00 bits per heavy atom. The Kier molecular flexibility index (Phi) is 4.00. The largest absolute Gasteiger partial charge is 0.353 e. The summed E-state index contributed by atoms with van der Waals surface area (Å²) < 4.78 is 12.9. The summed E-state index contributed by atoms with van der Waals surface area (Å²) in [5, 5.41) is 3.03. The Hall–Kier alpha value is -1.38. The van der Waals surface area contributed by atoms with Crippen molar-refractivity contribution < 1.29 is 9.18 Å². The van der Waals surface area contributed by atoms with Crippen molar-refractivity contribution in [3.63, 3.8) is 0 Å². The van der Waals surface area contributed by atoms with E-state index in [0.29, 0.717) is 5.92 Å². The normalized spacial score (nSPS) is 18.2. The van der Waals surface area contributed by atoms with E-state index >= 15 is 0 Å². The third-order valence-electron chi connectivity index (χ3n) is 3.61. The van der Waals surface area contributed by atoms with E-state index in [1.165, 1.54) is 12.1 Å². The van der Waals surface area contributed by atoms with E-state index < -0.39 is 0 Å². The van der Waals surface area contributed by atoms with Gasteiger partial charge in [-0.3, -0.25) is 4.79 Å². The predicted octanol–water partition coefficient (Wildman–Crippen LogP) is 3.23. The van der Waals surface area contributed by atoms with Gasteiger partial charge in [-0.05, 0) is 49.8 Å². The lowest BCUT2D eigenvalue weighted by atomic mass is 9.93. The first-order valence-electron chi connectivity index (χ1n) is 6.67. The topological polar surface area (TPSA) is 29.1 Å². The minimum absolute atomic E-state index is 0.0819. The van der Waals surface area contributed by atoms with E-state index in [1.807, 2.05) is 6.92 Å². The minimum Gasteiger partial charge on any atom is -0.353 e. The van der Waals surface area contributed by atoms with Crippen LogP contribution in [0.3, 0.4) is 0 Å².